The molecule has 19 heavy (non-hydrogen) atoms. The summed E-state index contributed by atoms with van der Waals surface area (Å²) in [5.74, 6) is 0. The van der Waals surface area contributed by atoms with Gasteiger partial charge in [0.25, 0.3) is 5.69 Å². The van der Waals surface area contributed by atoms with E-state index in [4.69, 9.17) is 0 Å². The van der Waals surface area contributed by atoms with Crippen LogP contribution in [0.25, 0.3) is 0 Å². The summed E-state index contributed by atoms with van der Waals surface area (Å²) in [7, 11) is 0. The number of rotatable bonds is 4. The molecular formula is C15H16N2O2. The third-order valence-electron chi connectivity index (χ3n) is 3.21. The highest BCUT2D eigenvalue weighted by atomic mass is 16.6. The van der Waals surface area contributed by atoms with Crippen LogP contribution < -0.4 is 5.32 Å². The van der Waals surface area contributed by atoms with Crippen molar-refractivity contribution in [3.63, 3.8) is 0 Å². The molecule has 0 aromatic heterocycles. The molecule has 0 amide bonds. The summed E-state index contributed by atoms with van der Waals surface area (Å²) in [6.45, 7) is 4.70. The number of non-ortho nitro benzene ring substituents is 1. The minimum Gasteiger partial charge on any atom is -0.381 e. The Hall–Kier alpha value is -2.36. The number of benzene rings is 2. The minimum atomic E-state index is -0.374. The molecular weight excluding hydrogens is 240 g/mol. The van der Waals surface area contributed by atoms with Gasteiger partial charge in [-0.25, -0.2) is 0 Å². The molecule has 0 unspecified atom stereocenters. The summed E-state index contributed by atoms with van der Waals surface area (Å²) in [4.78, 5) is 10.3. The van der Waals surface area contributed by atoms with Gasteiger partial charge < -0.3 is 5.32 Å². The smallest absolute Gasteiger partial charge is 0.269 e. The van der Waals surface area contributed by atoms with E-state index in [1.807, 2.05) is 18.2 Å². The Labute approximate surface area is 112 Å². The number of nitro benzene ring substituents is 1. The van der Waals surface area contributed by atoms with Crippen LogP contribution in [0.2, 0.25) is 0 Å². The maximum absolute atomic E-state index is 10.7. The Morgan fingerprint density at radius 2 is 1.89 bits per heavy atom. The van der Waals surface area contributed by atoms with E-state index >= 15 is 0 Å². The lowest BCUT2D eigenvalue weighted by molar-refractivity contribution is -0.384. The molecule has 0 saturated carbocycles. The summed E-state index contributed by atoms with van der Waals surface area (Å²) in [6.07, 6.45) is 0. The summed E-state index contributed by atoms with van der Waals surface area (Å²) >= 11 is 0. The van der Waals surface area contributed by atoms with Crippen molar-refractivity contribution in [2.75, 3.05) is 5.32 Å². The van der Waals surface area contributed by atoms with Crippen molar-refractivity contribution in [3.8, 4) is 0 Å². The van der Waals surface area contributed by atoms with E-state index in [-0.39, 0.29) is 10.6 Å². The second-order valence-corrected chi connectivity index (χ2v) is 4.53. The summed E-state index contributed by atoms with van der Waals surface area (Å²) < 4.78 is 0. The maximum Gasteiger partial charge on any atom is 0.269 e. The van der Waals surface area contributed by atoms with Crippen LogP contribution in [0, 0.1) is 24.0 Å². The highest BCUT2D eigenvalue weighted by Crippen LogP contribution is 2.20. The first-order valence-corrected chi connectivity index (χ1v) is 6.11. The molecule has 1 N–H and O–H groups in total. The Balaban J connectivity index is 2.12. The number of aryl methyl sites for hydroxylation is 1. The van der Waals surface area contributed by atoms with Crippen molar-refractivity contribution in [2.45, 2.75) is 20.4 Å². The van der Waals surface area contributed by atoms with Crippen LogP contribution >= 0.6 is 0 Å². The molecule has 0 bridgehead atoms. The SMILES string of the molecule is Cc1cccc(NCc2cccc([N+](=O)[O-])c2)c1C. The van der Waals surface area contributed by atoms with Gasteiger partial charge in [-0.3, -0.25) is 10.1 Å². The van der Waals surface area contributed by atoms with E-state index in [2.05, 4.69) is 25.2 Å². The molecule has 0 radical (unpaired) electrons. The van der Waals surface area contributed by atoms with Gasteiger partial charge in [-0.2, -0.15) is 0 Å². The molecule has 0 aliphatic carbocycles. The monoisotopic (exact) mass is 256 g/mol. The molecule has 0 aliphatic rings. The lowest BCUT2D eigenvalue weighted by atomic mass is 10.1. The van der Waals surface area contributed by atoms with Crippen molar-refractivity contribution in [3.05, 3.63) is 69.3 Å². The van der Waals surface area contributed by atoms with Crippen LogP contribution in [0.4, 0.5) is 11.4 Å². The zero-order chi connectivity index (χ0) is 13.8. The zero-order valence-corrected chi connectivity index (χ0v) is 11.0. The molecule has 4 heteroatoms. The number of hydrogen-bond donors (Lipinski definition) is 1. The van der Waals surface area contributed by atoms with Crippen molar-refractivity contribution >= 4 is 11.4 Å². The van der Waals surface area contributed by atoms with Gasteiger partial charge in [-0.15, -0.1) is 0 Å². The van der Waals surface area contributed by atoms with Crippen molar-refractivity contribution in [1.29, 1.82) is 0 Å². The van der Waals surface area contributed by atoms with Crippen molar-refractivity contribution in [1.82, 2.24) is 0 Å². The first-order chi connectivity index (χ1) is 9.08. The second kappa shape index (κ2) is 5.52. The standard InChI is InChI=1S/C15H16N2O2/c1-11-5-3-8-15(12(11)2)16-10-13-6-4-7-14(9-13)17(18)19/h3-9,16H,10H2,1-2H3. The van der Waals surface area contributed by atoms with Crippen LogP contribution in [0.15, 0.2) is 42.5 Å². The Morgan fingerprint density at radius 3 is 2.63 bits per heavy atom. The predicted octanol–water partition coefficient (Wildman–Crippen LogP) is 3.82. The van der Waals surface area contributed by atoms with Crippen molar-refractivity contribution < 1.29 is 4.92 Å². The van der Waals surface area contributed by atoms with Crippen molar-refractivity contribution in [2.24, 2.45) is 0 Å². The van der Waals surface area contributed by atoms with Gasteiger partial charge in [0.15, 0.2) is 0 Å². The Morgan fingerprint density at radius 1 is 1.16 bits per heavy atom. The fraction of sp³-hybridized carbons (Fsp3) is 0.200. The minimum absolute atomic E-state index is 0.125. The summed E-state index contributed by atoms with van der Waals surface area (Å²) in [5, 5.41) is 14.0. The molecule has 0 heterocycles. The van der Waals surface area contributed by atoms with E-state index < -0.39 is 0 Å². The van der Waals surface area contributed by atoms with E-state index in [0.717, 1.165) is 11.3 Å². The maximum atomic E-state index is 10.7. The van der Waals surface area contributed by atoms with Gasteiger partial charge in [0, 0.05) is 24.4 Å². The molecule has 2 aromatic rings. The number of anilines is 1. The average Bonchev–Trinajstić information content (AvgIpc) is 2.41. The normalized spacial score (nSPS) is 10.2. The number of nitrogens with one attached hydrogen (secondary N) is 1. The summed E-state index contributed by atoms with van der Waals surface area (Å²) in [5.41, 5.74) is 4.51. The van der Waals surface area contributed by atoms with Crippen LogP contribution in [0.5, 0.6) is 0 Å². The largest absolute Gasteiger partial charge is 0.381 e. The Kier molecular flexibility index (Phi) is 3.80. The lowest BCUT2D eigenvalue weighted by Crippen LogP contribution is -2.02. The molecule has 4 nitrogen and oxygen atoms in total. The quantitative estimate of drug-likeness (QED) is 0.668. The zero-order valence-electron chi connectivity index (χ0n) is 11.0. The van der Waals surface area contributed by atoms with Gasteiger partial charge in [0.2, 0.25) is 0 Å². The molecule has 2 aromatic carbocycles. The Bertz CT molecular complexity index is 609. The molecule has 98 valence electrons. The fourth-order valence-corrected chi connectivity index (χ4v) is 1.92. The van der Waals surface area contributed by atoms with E-state index in [0.29, 0.717) is 6.54 Å². The molecule has 2 rings (SSSR count). The first-order valence-electron chi connectivity index (χ1n) is 6.11. The molecule has 0 fully saturated rings. The molecule has 0 spiro atoms. The highest BCUT2D eigenvalue weighted by molar-refractivity contribution is 5.54. The average molecular weight is 256 g/mol. The number of nitrogens with zero attached hydrogens (tertiary/aromatic N) is 1. The van der Waals surface area contributed by atoms with Gasteiger partial charge in [0.1, 0.15) is 0 Å². The van der Waals surface area contributed by atoms with Crippen LogP contribution in [-0.4, -0.2) is 4.92 Å². The fourth-order valence-electron chi connectivity index (χ4n) is 1.92. The number of hydrogen-bond acceptors (Lipinski definition) is 3. The van der Waals surface area contributed by atoms with Gasteiger partial charge in [-0.1, -0.05) is 24.3 Å². The second-order valence-electron chi connectivity index (χ2n) is 4.53. The molecule has 0 saturated heterocycles. The van der Waals surface area contributed by atoms with Crippen LogP contribution in [0.3, 0.4) is 0 Å². The van der Waals surface area contributed by atoms with E-state index in [1.165, 1.54) is 17.2 Å². The van der Waals surface area contributed by atoms with Gasteiger partial charge in [0.05, 0.1) is 4.92 Å². The van der Waals surface area contributed by atoms with Crippen LogP contribution in [0.1, 0.15) is 16.7 Å². The number of nitro groups is 1. The highest BCUT2D eigenvalue weighted by Gasteiger charge is 2.06. The van der Waals surface area contributed by atoms with Gasteiger partial charge in [-0.05, 0) is 36.6 Å². The van der Waals surface area contributed by atoms with Crippen LogP contribution in [-0.2, 0) is 6.54 Å². The third-order valence-corrected chi connectivity index (χ3v) is 3.21. The topological polar surface area (TPSA) is 55.2 Å². The van der Waals surface area contributed by atoms with E-state index in [1.54, 1.807) is 12.1 Å². The predicted molar refractivity (Wildman–Crippen MR) is 76.3 cm³/mol. The molecule has 0 atom stereocenters. The lowest BCUT2D eigenvalue weighted by Gasteiger charge is -2.11. The van der Waals surface area contributed by atoms with Gasteiger partial charge >= 0.3 is 0 Å². The summed E-state index contributed by atoms with van der Waals surface area (Å²) in [6, 6.07) is 12.8. The van der Waals surface area contributed by atoms with E-state index in [9.17, 15) is 10.1 Å². The molecule has 0 aliphatic heterocycles. The third kappa shape index (κ3) is 3.10. The first kappa shape index (κ1) is 13.1.